The molecule has 3 N–H and O–H groups in total. The zero-order valence-corrected chi connectivity index (χ0v) is 11.1. The Morgan fingerprint density at radius 3 is 2.78 bits per heavy atom. The van der Waals surface area contributed by atoms with Crippen molar-refractivity contribution in [1.82, 2.24) is 0 Å². The van der Waals surface area contributed by atoms with Crippen LogP contribution in [0.3, 0.4) is 0 Å². The smallest absolute Gasteiger partial charge is 0.224 e. The predicted molar refractivity (Wildman–Crippen MR) is 71.4 cm³/mol. The lowest BCUT2D eigenvalue weighted by molar-refractivity contribution is -0.116. The molecule has 1 amide bonds. The van der Waals surface area contributed by atoms with Crippen molar-refractivity contribution in [3.63, 3.8) is 0 Å². The Morgan fingerprint density at radius 2 is 2.22 bits per heavy atom. The van der Waals surface area contributed by atoms with Gasteiger partial charge in [0.15, 0.2) is 0 Å². The van der Waals surface area contributed by atoms with Crippen LogP contribution in [0, 0.1) is 0 Å². The van der Waals surface area contributed by atoms with Gasteiger partial charge in [0.05, 0.1) is 6.10 Å². The summed E-state index contributed by atoms with van der Waals surface area (Å²) in [4.78, 5) is 13.4. The van der Waals surface area contributed by atoms with Crippen molar-refractivity contribution in [2.45, 2.75) is 45.4 Å². The van der Waals surface area contributed by atoms with E-state index >= 15 is 0 Å². The van der Waals surface area contributed by atoms with Gasteiger partial charge in [-0.1, -0.05) is 12.1 Å². The Morgan fingerprint density at radius 1 is 1.56 bits per heavy atom. The molecular weight excluding hydrogens is 228 g/mol. The lowest BCUT2D eigenvalue weighted by Gasteiger charge is -2.21. The molecule has 1 aliphatic heterocycles. The number of aliphatic hydroxyl groups is 1. The first-order valence-corrected chi connectivity index (χ1v) is 6.28. The van der Waals surface area contributed by atoms with Gasteiger partial charge in [-0.2, -0.15) is 0 Å². The molecule has 3 unspecified atom stereocenters. The average Bonchev–Trinajstić information content (AvgIpc) is 2.62. The number of nitrogens with two attached hydrogens (primary N) is 1. The van der Waals surface area contributed by atoms with E-state index in [4.69, 9.17) is 5.73 Å². The van der Waals surface area contributed by atoms with Crippen molar-refractivity contribution < 1.29 is 9.90 Å². The summed E-state index contributed by atoms with van der Waals surface area (Å²) >= 11 is 0. The number of rotatable bonds is 2. The Bertz CT molecular complexity index is 471. The third-order valence-corrected chi connectivity index (χ3v) is 3.50. The van der Waals surface area contributed by atoms with Crippen LogP contribution >= 0.6 is 0 Å². The van der Waals surface area contributed by atoms with Gasteiger partial charge in [-0.15, -0.1) is 0 Å². The molecule has 4 nitrogen and oxygen atoms in total. The van der Waals surface area contributed by atoms with Crippen LogP contribution in [0.4, 0.5) is 5.69 Å². The summed E-state index contributed by atoms with van der Waals surface area (Å²) in [5.41, 5.74) is 8.58. The van der Waals surface area contributed by atoms with E-state index in [1.54, 1.807) is 18.7 Å². The molecule has 1 aromatic rings. The van der Waals surface area contributed by atoms with Crippen LogP contribution in [0.2, 0.25) is 0 Å². The van der Waals surface area contributed by atoms with Gasteiger partial charge in [0.25, 0.3) is 0 Å². The van der Waals surface area contributed by atoms with Crippen LogP contribution in [-0.2, 0) is 11.2 Å². The molecule has 0 bridgehead atoms. The monoisotopic (exact) mass is 248 g/mol. The molecule has 0 saturated carbocycles. The first-order valence-electron chi connectivity index (χ1n) is 6.28. The first kappa shape index (κ1) is 13.1. The second-order valence-corrected chi connectivity index (χ2v) is 5.13. The molecule has 0 radical (unpaired) electrons. The number of carbonyl (C=O) groups excluding carboxylic acids is 1. The van der Waals surface area contributed by atoms with Crippen LogP contribution in [0.15, 0.2) is 18.2 Å². The summed E-state index contributed by atoms with van der Waals surface area (Å²) in [7, 11) is 0. The van der Waals surface area contributed by atoms with Gasteiger partial charge in [-0.05, 0) is 37.5 Å². The maximum atomic E-state index is 11.6. The number of anilines is 1. The maximum absolute atomic E-state index is 11.6. The number of amides is 1. The van der Waals surface area contributed by atoms with Crippen molar-refractivity contribution in [2.75, 3.05) is 4.90 Å². The molecule has 1 aromatic carbocycles. The molecule has 2 rings (SSSR count). The molecule has 0 saturated heterocycles. The molecule has 1 heterocycles. The number of carbonyl (C=O) groups is 1. The second kappa shape index (κ2) is 4.71. The number of fused-ring (bicyclic) bond motifs is 1. The molecule has 1 aliphatic rings. The van der Waals surface area contributed by atoms with Crippen molar-refractivity contribution in [1.29, 1.82) is 0 Å². The minimum absolute atomic E-state index is 0.0572. The molecule has 0 aliphatic carbocycles. The van der Waals surface area contributed by atoms with Gasteiger partial charge in [0, 0.05) is 24.7 Å². The fourth-order valence-electron chi connectivity index (χ4n) is 2.62. The highest BCUT2D eigenvalue weighted by Gasteiger charge is 2.29. The van der Waals surface area contributed by atoms with Crippen LogP contribution < -0.4 is 10.6 Å². The zero-order valence-electron chi connectivity index (χ0n) is 11.1. The standard InChI is InChI=1S/C14H20N2O2/c1-8-6-12-7-11(14(18)9(2)15)4-5-13(12)16(8)10(3)17/h4-5,7-9,14,18H,6,15H2,1-3H3. The Kier molecular flexibility index (Phi) is 3.41. The van der Waals surface area contributed by atoms with Crippen molar-refractivity contribution in [3.05, 3.63) is 29.3 Å². The van der Waals surface area contributed by atoms with E-state index in [-0.39, 0.29) is 18.0 Å². The molecule has 0 spiro atoms. The molecule has 98 valence electrons. The predicted octanol–water partition coefficient (Wildman–Crippen LogP) is 1.36. The Hall–Kier alpha value is -1.39. The fraction of sp³-hybridized carbons (Fsp3) is 0.500. The Balaban J connectivity index is 2.36. The normalized spacial score (nSPS) is 21.6. The van der Waals surface area contributed by atoms with Crippen molar-refractivity contribution >= 4 is 11.6 Å². The summed E-state index contributed by atoms with van der Waals surface area (Å²) in [5.74, 6) is 0.0572. The van der Waals surface area contributed by atoms with Gasteiger partial charge < -0.3 is 15.7 Å². The lowest BCUT2D eigenvalue weighted by Crippen LogP contribution is -2.33. The third-order valence-electron chi connectivity index (χ3n) is 3.50. The quantitative estimate of drug-likeness (QED) is 0.830. The molecule has 18 heavy (non-hydrogen) atoms. The molecule has 0 aromatic heterocycles. The van der Waals surface area contributed by atoms with Crippen LogP contribution in [-0.4, -0.2) is 23.1 Å². The SMILES string of the molecule is CC(=O)N1c2ccc(C(O)C(C)N)cc2CC1C. The van der Waals surface area contributed by atoms with Crippen LogP contribution in [0.1, 0.15) is 38.0 Å². The van der Waals surface area contributed by atoms with E-state index in [1.807, 2.05) is 25.1 Å². The second-order valence-electron chi connectivity index (χ2n) is 5.13. The number of aliphatic hydroxyl groups excluding tert-OH is 1. The van der Waals surface area contributed by atoms with Crippen LogP contribution in [0.5, 0.6) is 0 Å². The maximum Gasteiger partial charge on any atom is 0.224 e. The number of hydrogen-bond acceptors (Lipinski definition) is 3. The summed E-state index contributed by atoms with van der Waals surface area (Å²) in [5, 5.41) is 9.96. The number of hydrogen-bond donors (Lipinski definition) is 2. The fourth-order valence-corrected chi connectivity index (χ4v) is 2.62. The summed E-state index contributed by atoms with van der Waals surface area (Å²) in [6, 6.07) is 5.59. The van der Waals surface area contributed by atoms with E-state index in [2.05, 4.69) is 0 Å². The van der Waals surface area contributed by atoms with Crippen molar-refractivity contribution in [2.24, 2.45) is 5.73 Å². The number of benzene rings is 1. The van der Waals surface area contributed by atoms with Gasteiger partial charge in [0.1, 0.15) is 0 Å². The minimum Gasteiger partial charge on any atom is -0.387 e. The van der Waals surface area contributed by atoms with E-state index in [9.17, 15) is 9.90 Å². The van der Waals surface area contributed by atoms with Gasteiger partial charge in [0.2, 0.25) is 5.91 Å². The highest BCUT2D eigenvalue weighted by Crippen LogP contribution is 2.34. The molecular formula is C14H20N2O2. The summed E-state index contributed by atoms with van der Waals surface area (Å²) in [6.45, 7) is 5.39. The Labute approximate surface area is 107 Å². The summed E-state index contributed by atoms with van der Waals surface area (Å²) < 4.78 is 0. The molecule has 0 fully saturated rings. The lowest BCUT2D eigenvalue weighted by atomic mass is 10.00. The largest absolute Gasteiger partial charge is 0.387 e. The summed E-state index contributed by atoms with van der Waals surface area (Å²) in [6.07, 6.45) is 0.172. The zero-order chi connectivity index (χ0) is 13.4. The third kappa shape index (κ3) is 2.13. The minimum atomic E-state index is -0.656. The van der Waals surface area contributed by atoms with E-state index in [1.165, 1.54) is 0 Å². The van der Waals surface area contributed by atoms with E-state index < -0.39 is 6.10 Å². The van der Waals surface area contributed by atoms with Gasteiger partial charge >= 0.3 is 0 Å². The first-order chi connectivity index (χ1) is 8.41. The topological polar surface area (TPSA) is 66.6 Å². The van der Waals surface area contributed by atoms with E-state index in [0.29, 0.717) is 0 Å². The van der Waals surface area contributed by atoms with Gasteiger partial charge in [-0.25, -0.2) is 0 Å². The van der Waals surface area contributed by atoms with Crippen molar-refractivity contribution in [3.8, 4) is 0 Å². The highest BCUT2D eigenvalue weighted by molar-refractivity contribution is 5.94. The number of nitrogens with zero attached hydrogens (tertiary/aromatic N) is 1. The van der Waals surface area contributed by atoms with E-state index in [0.717, 1.165) is 23.2 Å². The van der Waals surface area contributed by atoms with Crippen LogP contribution in [0.25, 0.3) is 0 Å². The molecule has 4 heteroatoms. The van der Waals surface area contributed by atoms with Gasteiger partial charge in [-0.3, -0.25) is 4.79 Å². The highest BCUT2D eigenvalue weighted by atomic mass is 16.3. The average molecular weight is 248 g/mol. The molecule has 3 atom stereocenters.